The van der Waals surface area contributed by atoms with Crippen LogP contribution < -0.4 is 5.73 Å². The summed E-state index contributed by atoms with van der Waals surface area (Å²) in [5.41, 5.74) is 21.0. The zero-order chi connectivity index (χ0) is 38.5. The molecule has 2 N–H and O–H groups in total. The molecule has 0 fully saturated rings. The first-order valence-electron chi connectivity index (χ1n) is 19.8. The third-order valence-electron chi connectivity index (χ3n) is 11.9. The molecule has 2 nitrogen and oxygen atoms in total. The first kappa shape index (κ1) is 34.5. The minimum Gasteiger partial charge on any atom is -0.383 e. The van der Waals surface area contributed by atoms with E-state index in [2.05, 4.69) is 202 Å². The number of benzene rings is 9. The standard InChI is InChI=1S/C55H42N2/c1-55(2)50-32-28-40-15-8-9-17-45(40)53(50)49-29-27-43(35-51(49)55)44-30-31-48(47-19-11-10-18-46(44)47)52(33-21-36-20-22-38-14-6-7-16-42(38)34-36)57-54(56)41-25-23-39(24-26-41)37-12-4-3-5-13-37/h3-20,22-35H,21H2,1-2H3,(H2,56,57)/b52-33-. The van der Waals surface area contributed by atoms with Crippen LogP contribution in [-0.4, -0.2) is 5.84 Å². The minimum absolute atomic E-state index is 0.120. The summed E-state index contributed by atoms with van der Waals surface area (Å²) in [5, 5.41) is 7.40. The fourth-order valence-electron chi connectivity index (χ4n) is 8.90. The second kappa shape index (κ2) is 13.9. The van der Waals surface area contributed by atoms with Crippen LogP contribution >= 0.6 is 0 Å². The van der Waals surface area contributed by atoms with E-state index in [-0.39, 0.29) is 5.41 Å². The van der Waals surface area contributed by atoms with E-state index in [0.29, 0.717) is 5.84 Å². The van der Waals surface area contributed by atoms with Gasteiger partial charge in [0, 0.05) is 16.5 Å². The van der Waals surface area contributed by atoms with Crippen molar-refractivity contribution in [2.24, 2.45) is 10.7 Å². The molecule has 0 unspecified atom stereocenters. The van der Waals surface area contributed by atoms with Crippen molar-refractivity contribution in [2.75, 3.05) is 0 Å². The molecule has 0 amide bonds. The minimum atomic E-state index is -0.120. The maximum atomic E-state index is 6.89. The van der Waals surface area contributed by atoms with Crippen LogP contribution in [0, 0.1) is 0 Å². The van der Waals surface area contributed by atoms with Gasteiger partial charge < -0.3 is 5.73 Å². The van der Waals surface area contributed by atoms with Gasteiger partial charge in [0.1, 0.15) is 5.84 Å². The van der Waals surface area contributed by atoms with Crippen molar-refractivity contribution in [3.05, 3.63) is 222 Å². The lowest BCUT2D eigenvalue weighted by molar-refractivity contribution is 0.661. The van der Waals surface area contributed by atoms with Gasteiger partial charge in [0.15, 0.2) is 0 Å². The topological polar surface area (TPSA) is 38.4 Å². The molecule has 0 atom stereocenters. The van der Waals surface area contributed by atoms with Gasteiger partial charge in [0.05, 0.1) is 5.70 Å². The van der Waals surface area contributed by atoms with E-state index in [1.807, 2.05) is 6.07 Å². The number of hydrogen-bond donors (Lipinski definition) is 1. The predicted molar refractivity (Wildman–Crippen MR) is 243 cm³/mol. The van der Waals surface area contributed by atoms with Gasteiger partial charge in [0.25, 0.3) is 0 Å². The zero-order valence-electron chi connectivity index (χ0n) is 32.2. The molecule has 1 aliphatic carbocycles. The van der Waals surface area contributed by atoms with Crippen molar-refractivity contribution in [1.29, 1.82) is 0 Å². The molecule has 9 aromatic rings. The third kappa shape index (κ3) is 6.11. The zero-order valence-corrected chi connectivity index (χ0v) is 32.2. The van der Waals surface area contributed by atoms with Gasteiger partial charge in [-0.3, -0.25) is 0 Å². The van der Waals surface area contributed by atoms with Gasteiger partial charge in [-0.1, -0.05) is 202 Å². The second-order valence-corrected chi connectivity index (χ2v) is 15.7. The molecule has 0 aliphatic heterocycles. The molecule has 1 aliphatic rings. The fourth-order valence-corrected chi connectivity index (χ4v) is 8.90. The van der Waals surface area contributed by atoms with Crippen molar-refractivity contribution in [3.8, 4) is 33.4 Å². The highest BCUT2D eigenvalue weighted by Gasteiger charge is 2.36. The van der Waals surface area contributed by atoms with Gasteiger partial charge >= 0.3 is 0 Å². The summed E-state index contributed by atoms with van der Waals surface area (Å²) in [6.45, 7) is 4.73. The summed E-state index contributed by atoms with van der Waals surface area (Å²) in [4.78, 5) is 5.22. The summed E-state index contributed by atoms with van der Waals surface area (Å²) in [7, 11) is 0. The SMILES string of the molecule is CC1(C)c2cc(-c3ccc(/C(=C/Cc4ccc5ccccc5c4)N=C(N)c4ccc(-c5ccccc5)cc4)c4ccccc34)ccc2-c2c1ccc1ccccc21. The van der Waals surface area contributed by atoms with E-state index in [0.717, 1.165) is 34.2 Å². The highest BCUT2D eigenvalue weighted by Crippen LogP contribution is 2.52. The molecule has 0 bridgehead atoms. The molecule has 0 aromatic heterocycles. The third-order valence-corrected chi connectivity index (χ3v) is 11.9. The molecule has 0 spiro atoms. The number of nitrogens with two attached hydrogens (primary N) is 1. The second-order valence-electron chi connectivity index (χ2n) is 15.7. The van der Waals surface area contributed by atoms with Gasteiger partial charge in [-0.15, -0.1) is 0 Å². The van der Waals surface area contributed by atoms with E-state index in [4.69, 9.17) is 10.7 Å². The molecule has 9 aromatic carbocycles. The molecule has 10 rings (SSSR count). The molecule has 0 saturated carbocycles. The molecule has 0 radical (unpaired) electrons. The first-order chi connectivity index (χ1) is 27.9. The average molecular weight is 731 g/mol. The van der Waals surface area contributed by atoms with Crippen LogP contribution in [0.2, 0.25) is 0 Å². The predicted octanol–water partition coefficient (Wildman–Crippen LogP) is 13.8. The quantitative estimate of drug-likeness (QED) is 0.129. The Labute approximate surface area is 334 Å². The summed E-state index contributed by atoms with van der Waals surface area (Å²) < 4.78 is 0. The number of allylic oxidation sites excluding steroid dienone is 1. The molecule has 0 saturated heterocycles. The molecule has 272 valence electrons. The Balaban J connectivity index is 1.08. The Bertz CT molecular complexity index is 3060. The van der Waals surface area contributed by atoms with Crippen LogP contribution in [0.3, 0.4) is 0 Å². The highest BCUT2D eigenvalue weighted by molar-refractivity contribution is 6.07. The van der Waals surface area contributed by atoms with Crippen LogP contribution in [0.25, 0.3) is 71.4 Å². The maximum absolute atomic E-state index is 6.89. The largest absolute Gasteiger partial charge is 0.383 e. The van der Waals surface area contributed by atoms with Crippen LogP contribution in [0.5, 0.6) is 0 Å². The fraction of sp³-hybridized carbons (Fsp3) is 0.0727. The lowest BCUT2D eigenvalue weighted by Gasteiger charge is -2.22. The van der Waals surface area contributed by atoms with E-state index in [9.17, 15) is 0 Å². The van der Waals surface area contributed by atoms with E-state index in [1.165, 1.54) is 71.4 Å². The van der Waals surface area contributed by atoms with Crippen LogP contribution in [-0.2, 0) is 11.8 Å². The van der Waals surface area contributed by atoms with Crippen LogP contribution in [0.15, 0.2) is 199 Å². The monoisotopic (exact) mass is 730 g/mol. The first-order valence-corrected chi connectivity index (χ1v) is 19.8. The molecule has 0 heterocycles. The number of aliphatic imine (C=N–C) groups is 1. The van der Waals surface area contributed by atoms with Crippen molar-refractivity contribution < 1.29 is 0 Å². The van der Waals surface area contributed by atoms with E-state index < -0.39 is 0 Å². The normalized spacial score (nSPS) is 13.6. The summed E-state index contributed by atoms with van der Waals surface area (Å²) >= 11 is 0. The van der Waals surface area contributed by atoms with Gasteiger partial charge in [-0.25, -0.2) is 4.99 Å². The molecule has 2 heteroatoms. The Morgan fingerprint density at radius 2 is 1.14 bits per heavy atom. The Morgan fingerprint density at radius 3 is 1.95 bits per heavy atom. The maximum Gasteiger partial charge on any atom is 0.131 e. The van der Waals surface area contributed by atoms with Gasteiger partial charge in [-0.2, -0.15) is 0 Å². The number of rotatable bonds is 7. The number of fused-ring (bicyclic) bond motifs is 7. The number of amidine groups is 1. The Kier molecular flexibility index (Phi) is 8.42. The van der Waals surface area contributed by atoms with Gasteiger partial charge in [-0.05, 0) is 94.9 Å². The summed E-state index contributed by atoms with van der Waals surface area (Å²) in [6.07, 6.45) is 2.95. The smallest absolute Gasteiger partial charge is 0.131 e. The van der Waals surface area contributed by atoms with Crippen molar-refractivity contribution in [2.45, 2.75) is 25.7 Å². The molecule has 57 heavy (non-hydrogen) atoms. The Morgan fingerprint density at radius 1 is 0.509 bits per heavy atom. The lowest BCUT2D eigenvalue weighted by atomic mass is 9.81. The Hall–Kier alpha value is -7.03. The van der Waals surface area contributed by atoms with Crippen LogP contribution in [0.4, 0.5) is 0 Å². The van der Waals surface area contributed by atoms with Crippen molar-refractivity contribution >= 4 is 43.9 Å². The lowest BCUT2D eigenvalue weighted by Crippen LogP contribution is -2.15. The van der Waals surface area contributed by atoms with Gasteiger partial charge in [0.2, 0.25) is 0 Å². The van der Waals surface area contributed by atoms with Crippen molar-refractivity contribution in [1.82, 2.24) is 0 Å². The highest BCUT2D eigenvalue weighted by atomic mass is 14.9. The average Bonchev–Trinajstić information content (AvgIpc) is 3.50. The number of hydrogen-bond acceptors (Lipinski definition) is 1. The number of nitrogens with zero attached hydrogens (tertiary/aromatic N) is 1. The van der Waals surface area contributed by atoms with Crippen molar-refractivity contribution in [3.63, 3.8) is 0 Å². The molecular weight excluding hydrogens is 689 g/mol. The summed E-state index contributed by atoms with van der Waals surface area (Å²) in [6, 6.07) is 67.7. The summed E-state index contributed by atoms with van der Waals surface area (Å²) in [5.74, 6) is 0.487. The van der Waals surface area contributed by atoms with Crippen LogP contribution in [0.1, 0.15) is 41.7 Å². The van der Waals surface area contributed by atoms with E-state index in [1.54, 1.807) is 0 Å². The molecular formula is C55H42N2. The van der Waals surface area contributed by atoms with E-state index >= 15 is 0 Å².